The lowest BCUT2D eigenvalue weighted by atomic mass is 10.2. The summed E-state index contributed by atoms with van der Waals surface area (Å²) in [7, 11) is 0. The number of carbonyl (C=O) groups excluding carboxylic acids is 1. The van der Waals surface area contributed by atoms with Gasteiger partial charge in [0.15, 0.2) is 0 Å². The van der Waals surface area contributed by atoms with E-state index in [-0.39, 0.29) is 17.9 Å². The molecule has 0 aromatic carbocycles. The summed E-state index contributed by atoms with van der Waals surface area (Å²) in [4.78, 5) is 14.1. The van der Waals surface area contributed by atoms with Crippen molar-refractivity contribution in [2.24, 2.45) is 5.92 Å². The van der Waals surface area contributed by atoms with Crippen molar-refractivity contribution in [3.63, 3.8) is 0 Å². The van der Waals surface area contributed by atoms with Gasteiger partial charge in [-0.3, -0.25) is 9.69 Å². The molecular formula is C14H20N2O2. The molecule has 4 heteroatoms. The Kier molecular flexibility index (Phi) is 3.37. The van der Waals surface area contributed by atoms with Crippen LogP contribution in [0.2, 0.25) is 0 Å². The van der Waals surface area contributed by atoms with Crippen molar-refractivity contribution in [1.82, 2.24) is 10.2 Å². The maximum Gasteiger partial charge on any atom is 0.223 e. The van der Waals surface area contributed by atoms with Crippen LogP contribution in [0.1, 0.15) is 37.5 Å². The summed E-state index contributed by atoms with van der Waals surface area (Å²) in [6.07, 6.45) is 6.31. The summed E-state index contributed by atoms with van der Waals surface area (Å²) in [5, 5.41) is 3.07. The van der Waals surface area contributed by atoms with E-state index in [9.17, 15) is 4.79 Å². The van der Waals surface area contributed by atoms with Crippen molar-refractivity contribution < 1.29 is 9.21 Å². The van der Waals surface area contributed by atoms with Gasteiger partial charge in [-0.25, -0.2) is 0 Å². The number of nitrogens with one attached hydrogen (secondary N) is 1. The maximum absolute atomic E-state index is 11.7. The van der Waals surface area contributed by atoms with Crippen LogP contribution in [0.25, 0.3) is 0 Å². The number of likely N-dealkylation sites (tertiary alicyclic amines) is 1. The zero-order valence-corrected chi connectivity index (χ0v) is 10.6. The molecule has 98 valence electrons. The standard InChI is InChI=1S/C14H20N2O2/c17-14(11-5-6-11)15-10-12(13-4-3-9-18-13)16-7-1-2-8-16/h3-4,9,11-12H,1-2,5-8,10H2,(H,15,17)/t12-/m0/s1. The monoisotopic (exact) mass is 248 g/mol. The first-order valence-electron chi connectivity index (χ1n) is 6.90. The summed E-state index contributed by atoms with van der Waals surface area (Å²) >= 11 is 0. The smallest absolute Gasteiger partial charge is 0.223 e. The molecule has 18 heavy (non-hydrogen) atoms. The predicted octanol–water partition coefficient (Wildman–Crippen LogP) is 1.94. The van der Waals surface area contributed by atoms with E-state index in [1.807, 2.05) is 12.1 Å². The summed E-state index contributed by atoms with van der Waals surface area (Å²) < 4.78 is 5.52. The molecule has 1 aliphatic carbocycles. The second-order valence-electron chi connectivity index (χ2n) is 5.29. The third-order valence-electron chi connectivity index (χ3n) is 3.87. The Bertz CT molecular complexity index is 392. The molecule has 0 radical (unpaired) electrons. The van der Waals surface area contributed by atoms with Crippen molar-refractivity contribution in [3.05, 3.63) is 24.2 Å². The molecule has 1 aromatic rings. The summed E-state index contributed by atoms with van der Waals surface area (Å²) in [6, 6.07) is 4.12. The van der Waals surface area contributed by atoms with Gasteiger partial charge in [0, 0.05) is 12.5 Å². The fraction of sp³-hybridized carbons (Fsp3) is 0.643. The molecule has 2 heterocycles. The van der Waals surface area contributed by atoms with Crippen LogP contribution < -0.4 is 5.32 Å². The Morgan fingerprint density at radius 2 is 2.22 bits per heavy atom. The van der Waals surface area contributed by atoms with Crippen molar-refractivity contribution in [3.8, 4) is 0 Å². The van der Waals surface area contributed by atoms with E-state index in [2.05, 4.69) is 10.2 Å². The Morgan fingerprint density at radius 3 is 2.83 bits per heavy atom. The summed E-state index contributed by atoms with van der Waals surface area (Å²) in [5.74, 6) is 1.46. The van der Waals surface area contributed by atoms with Gasteiger partial charge in [0.25, 0.3) is 0 Å². The molecule has 2 aliphatic rings. The molecule has 1 aromatic heterocycles. The van der Waals surface area contributed by atoms with Gasteiger partial charge in [-0.15, -0.1) is 0 Å². The van der Waals surface area contributed by atoms with E-state index >= 15 is 0 Å². The summed E-state index contributed by atoms with van der Waals surface area (Å²) in [6.45, 7) is 2.87. The number of rotatable bonds is 5. The first-order valence-corrected chi connectivity index (χ1v) is 6.90. The van der Waals surface area contributed by atoms with Gasteiger partial charge in [-0.1, -0.05) is 0 Å². The van der Waals surface area contributed by atoms with Gasteiger partial charge in [0.1, 0.15) is 5.76 Å². The maximum atomic E-state index is 11.7. The average molecular weight is 248 g/mol. The van der Waals surface area contributed by atoms with Gasteiger partial charge in [-0.05, 0) is 50.9 Å². The number of nitrogens with zero attached hydrogens (tertiary/aromatic N) is 1. The lowest BCUT2D eigenvalue weighted by Crippen LogP contribution is -2.37. The van der Waals surface area contributed by atoms with Crippen molar-refractivity contribution in [2.45, 2.75) is 31.7 Å². The third kappa shape index (κ3) is 2.58. The topological polar surface area (TPSA) is 45.5 Å². The highest BCUT2D eigenvalue weighted by Gasteiger charge is 2.31. The fourth-order valence-corrected chi connectivity index (χ4v) is 2.63. The third-order valence-corrected chi connectivity index (χ3v) is 3.87. The molecule has 1 saturated heterocycles. The van der Waals surface area contributed by atoms with Gasteiger partial charge in [-0.2, -0.15) is 0 Å². The molecule has 1 N–H and O–H groups in total. The number of hydrogen-bond donors (Lipinski definition) is 1. The van der Waals surface area contributed by atoms with Gasteiger partial charge >= 0.3 is 0 Å². The van der Waals surface area contributed by atoms with Crippen LogP contribution in [-0.4, -0.2) is 30.4 Å². The Balaban J connectivity index is 1.63. The molecule has 1 atom stereocenters. The minimum absolute atomic E-state index is 0.199. The highest BCUT2D eigenvalue weighted by atomic mass is 16.3. The van der Waals surface area contributed by atoms with Gasteiger partial charge in [0.2, 0.25) is 5.91 Å². The molecule has 4 nitrogen and oxygen atoms in total. The zero-order valence-electron chi connectivity index (χ0n) is 10.6. The van der Waals surface area contributed by atoms with Crippen LogP contribution >= 0.6 is 0 Å². The highest BCUT2D eigenvalue weighted by molar-refractivity contribution is 5.80. The van der Waals surface area contributed by atoms with Crippen molar-refractivity contribution in [1.29, 1.82) is 0 Å². The van der Waals surface area contributed by atoms with E-state index < -0.39 is 0 Å². The number of amides is 1. The molecule has 0 unspecified atom stereocenters. The predicted molar refractivity (Wildman–Crippen MR) is 68.0 cm³/mol. The van der Waals surface area contributed by atoms with Crippen LogP contribution in [0.4, 0.5) is 0 Å². The van der Waals surface area contributed by atoms with Crippen molar-refractivity contribution in [2.75, 3.05) is 19.6 Å². The van der Waals surface area contributed by atoms with Crippen LogP contribution in [0.3, 0.4) is 0 Å². The molecule has 0 bridgehead atoms. The van der Waals surface area contributed by atoms with Gasteiger partial charge in [0.05, 0.1) is 12.3 Å². The lowest BCUT2D eigenvalue weighted by molar-refractivity contribution is -0.122. The molecule has 3 rings (SSSR count). The fourth-order valence-electron chi connectivity index (χ4n) is 2.63. The second kappa shape index (κ2) is 5.14. The average Bonchev–Trinajstić information content (AvgIpc) is 2.89. The molecule has 1 amide bonds. The minimum Gasteiger partial charge on any atom is -0.468 e. The highest BCUT2D eigenvalue weighted by Crippen LogP contribution is 2.29. The lowest BCUT2D eigenvalue weighted by Gasteiger charge is -2.26. The van der Waals surface area contributed by atoms with Crippen LogP contribution in [0.15, 0.2) is 22.8 Å². The number of carbonyl (C=O) groups is 1. The largest absolute Gasteiger partial charge is 0.468 e. The van der Waals surface area contributed by atoms with Crippen LogP contribution in [-0.2, 0) is 4.79 Å². The zero-order chi connectivity index (χ0) is 12.4. The van der Waals surface area contributed by atoms with E-state index in [1.54, 1.807) is 6.26 Å². The number of furan rings is 1. The molecule has 0 spiro atoms. The molecule has 1 aliphatic heterocycles. The first kappa shape index (κ1) is 11.8. The van der Waals surface area contributed by atoms with Crippen LogP contribution in [0.5, 0.6) is 0 Å². The van der Waals surface area contributed by atoms with Crippen molar-refractivity contribution >= 4 is 5.91 Å². The molecular weight excluding hydrogens is 228 g/mol. The quantitative estimate of drug-likeness (QED) is 0.866. The SMILES string of the molecule is O=C(NC[C@@H](c1ccco1)N1CCCC1)C1CC1. The molecule has 2 fully saturated rings. The second-order valence-corrected chi connectivity index (χ2v) is 5.29. The van der Waals surface area contributed by atoms with E-state index in [0.717, 1.165) is 31.7 Å². The Morgan fingerprint density at radius 1 is 1.44 bits per heavy atom. The van der Waals surface area contributed by atoms with E-state index in [1.165, 1.54) is 12.8 Å². The van der Waals surface area contributed by atoms with Gasteiger partial charge < -0.3 is 9.73 Å². The minimum atomic E-state index is 0.199. The normalized spacial score (nSPS) is 22.0. The summed E-state index contributed by atoms with van der Waals surface area (Å²) in [5.41, 5.74) is 0. The number of hydrogen-bond acceptors (Lipinski definition) is 3. The van der Waals surface area contributed by atoms with E-state index in [4.69, 9.17) is 4.42 Å². The molecule has 1 saturated carbocycles. The Hall–Kier alpha value is -1.29. The Labute approximate surface area is 107 Å². The first-order chi connectivity index (χ1) is 8.84. The van der Waals surface area contributed by atoms with Crippen LogP contribution in [0, 0.1) is 5.92 Å². The van der Waals surface area contributed by atoms with E-state index in [0.29, 0.717) is 6.54 Å².